The third-order valence-electron chi connectivity index (χ3n) is 4.49. The lowest BCUT2D eigenvalue weighted by Crippen LogP contribution is -2.42. The number of carbonyl (C=O) groups excluding carboxylic acids is 1. The van der Waals surface area contributed by atoms with Crippen LogP contribution in [0.15, 0.2) is 24.3 Å². The Morgan fingerprint density at radius 1 is 1.35 bits per heavy atom. The minimum absolute atomic E-state index is 0.0616. The molecular formula is C16H22N2O2. The largest absolute Gasteiger partial charge is 0.384 e. The highest BCUT2D eigenvalue weighted by molar-refractivity contribution is 5.88. The fourth-order valence-electron chi connectivity index (χ4n) is 3.18. The van der Waals surface area contributed by atoms with E-state index in [1.165, 1.54) is 0 Å². The number of amides is 1. The van der Waals surface area contributed by atoms with E-state index in [-0.39, 0.29) is 17.9 Å². The smallest absolute Gasteiger partial charge is 0.229 e. The van der Waals surface area contributed by atoms with Crippen LogP contribution in [0.3, 0.4) is 0 Å². The van der Waals surface area contributed by atoms with Crippen LogP contribution in [0.25, 0.3) is 0 Å². The summed E-state index contributed by atoms with van der Waals surface area (Å²) in [6.45, 7) is 4.45. The second-order valence-electron chi connectivity index (χ2n) is 5.77. The lowest BCUT2D eigenvalue weighted by Gasteiger charge is -2.29. The van der Waals surface area contributed by atoms with E-state index in [9.17, 15) is 4.79 Å². The van der Waals surface area contributed by atoms with Gasteiger partial charge in [-0.25, -0.2) is 0 Å². The predicted molar refractivity (Wildman–Crippen MR) is 78.8 cm³/mol. The molecule has 2 unspecified atom stereocenters. The molecule has 2 aliphatic rings. The fourth-order valence-corrected chi connectivity index (χ4v) is 3.18. The van der Waals surface area contributed by atoms with Gasteiger partial charge in [-0.2, -0.15) is 0 Å². The standard InChI is InChI=1S/C16H22N2O2/c1-11(12-6-8-20-9-7-12)18-16(19)14-10-17-15-5-3-2-4-13(14)15/h2-5,11-12,14,17H,6-10H2,1H3,(H,18,19). The van der Waals surface area contributed by atoms with Crippen LogP contribution < -0.4 is 10.6 Å². The molecule has 2 atom stereocenters. The molecule has 2 heterocycles. The second kappa shape index (κ2) is 5.83. The van der Waals surface area contributed by atoms with Gasteiger partial charge >= 0.3 is 0 Å². The molecule has 1 fully saturated rings. The van der Waals surface area contributed by atoms with Gasteiger partial charge in [0.05, 0.1) is 5.92 Å². The average Bonchev–Trinajstić information content (AvgIpc) is 2.92. The fraction of sp³-hybridized carbons (Fsp3) is 0.562. The third kappa shape index (κ3) is 2.66. The van der Waals surface area contributed by atoms with Crippen molar-refractivity contribution in [3.63, 3.8) is 0 Å². The first-order valence-electron chi connectivity index (χ1n) is 7.46. The monoisotopic (exact) mass is 274 g/mol. The number of ether oxygens (including phenoxy) is 1. The van der Waals surface area contributed by atoms with Gasteiger partial charge in [0.15, 0.2) is 0 Å². The number of hydrogen-bond donors (Lipinski definition) is 2. The van der Waals surface area contributed by atoms with Gasteiger partial charge in [-0.1, -0.05) is 18.2 Å². The molecule has 20 heavy (non-hydrogen) atoms. The van der Waals surface area contributed by atoms with Crippen LogP contribution >= 0.6 is 0 Å². The molecule has 108 valence electrons. The van der Waals surface area contributed by atoms with Gasteiger partial charge in [-0.3, -0.25) is 4.79 Å². The highest BCUT2D eigenvalue weighted by Crippen LogP contribution is 2.31. The Morgan fingerprint density at radius 2 is 2.10 bits per heavy atom. The summed E-state index contributed by atoms with van der Waals surface area (Å²) in [7, 11) is 0. The molecule has 1 aromatic rings. The molecule has 1 saturated heterocycles. The van der Waals surface area contributed by atoms with E-state index in [1.807, 2.05) is 24.3 Å². The minimum atomic E-state index is -0.0616. The third-order valence-corrected chi connectivity index (χ3v) is 4.49. The lowest BCUT2D eigenvalue weighted by molar-refractivity contribution is -0.123. The SMILES string of the molecule is CC(NC(=O)C1CNc2ccccc21)C1CCOCC1. The van der Waals surface area contributed by atoms with E-state index in [0.717, 1.165) is 37.3 Å². The van der Waals surface area contributed by atoms with Gasteiger partial charge in [0.1, 0.15) is 0 Å². The molecule has 1 aromatic carbocycles. The summed E-state index contributed by atoms with van der Waals surface area (Å²) in [6, 6.07) is 8.28. The van der Waals surface area contributed by atoms with E-state index < -0.39 is 0 Å². The van der Waals surface area contributed by atoms with Gasteiger partial charge in [-0.05, 0) is 37.3 Å². The van der Waals surface area contributed by atoms with Gasteiger partial charge in [-0.15, -0.1) is 0 Å². The summed E-state index contributed by atoms with van der Waals surface area (Å²) in [4.78, 5) is 12.5. The molecule has 4 heteroatoms. The molecule has 0 bridgehead atoms. The molecule has 0 spiro atoms. The van der Waals surface area contributed by atoms with Crippen molar-refractivity contribution >= 4 is 11.6 Å². The number of fused-ring (bicyclic) bond motifs is 1. The van der Waals surface area contributed by atoms with Crippen molar-refractivity contribution in [2.45, 2.75) is 31.7 Å². The molecule has 1 amide bonds. The van der Waals surface area contributed by atoms with E-state index in [1.54, 1.807) is 0 Å². The molecular weight excluding hydrogens is 252 g/mol. The predicted octanol–water partition coefficient (Wildman–Crippen LogP) is 2.13. The molecule has 3 rings (SSSR count). The number of para-hydroxylation sites is 1. The van der Waals surface area contributed by atoms with E-state index >= 15 is 0 Å². The number of nitrogens with one attached hydrogen (secondary N) is 2. The Morgan fingerprint density at radius 3 is 2.90 bits per heavy atom. The van der Waals surface area contributed by atoms with Crippen LogP contribution in [0.1, 0.15) is 31.2 Å². The van der Waals surface area contributed by atoms with Crippen LogP contribution in [0, 0.1) is 5.92 Å². The first-order valence-corrected chi connectivity index (χ1v) is 7.46. The van der Waals surface area contributed by atoms with Gasteiger partial charge < -0.3 is 15.4 Å². The highest BCUT2D eigenvalue weighted by atomic mass is 16.5. The Kier molecular flexibility index (Phi) is 3.92. The molecule has 2 aliphatic heterocycles. The van der Waals surface area contributed by atoms with E-state index in [4.69, 9.17) is 4.74 Å². The highest BCUT2D eigenvalue weighted by Gasteiger charge is 2.30. The summed E-state index contributed by atoms with van der Waals surface area (Å²) >= 11 is 0. The van der Waals surface area contributed by atoms with Gasteiger partial charge in [0, 0.05) is 31.5 Å². The molecule has 0 radical (unpaired) electrons. The zero-order valence-electron chi connectivity index (χ0n) is 11.9. The van der Waals surface area contributed by atoms with Crippen LogP contribution in [0.4, 0.5) is 5.69 Å². The summed E-state index contributed by atoms with van der Waals surface area (Å²) in [5, 5.41) is 6.50. The lowest BCUT2D eigenvalue weighted by atomic mass is 9.92. The second-order valence-corrected chi connectivity index (χ2v) is 5.77. The first kappa shape index (κ1) is 13.4. The zero-order chi connectivity index (χ0) is 13.9. The van der Waals surface area contributed by atoms with E-state index in [2.05, 4.69) is 17.6 Å². The average molecular weight is 274 g/mol. The summed E-state index contributed by atoms with van der Waals surface area (Å²) in [6.07, 6.45) is 2.09. The number of anilines is 1. The van der Waals surface area contributed by atoms with Crippen molar-refractivity contribution in [1.29, 1.82) is 0 Å². The van der Waals surface area contributed by atoms with Gasteiger partial charge in [0.25, 0.3) is 0 Å². The molecule has 0 aliphatic carbocycles. The van der Waals surface area contributed by atoms with Crippen molar-refractivity contribution in [2.24, 2.45) is 5.92 Å². The Hall–Kier alpha value is -1.55. The maximum Gasteiger partial charge on any atom is 0.229 e. The maximum absolute atomic E-state index is 12.5. The zero-order valence-corrected chi connectivity index (χ0v) is 11.9. The number of carbonyl (C=O) groups is 1. The number of benzene rings is 1. The van der Waals surface area contributed by atoms with Crippen molar-refractivity contribution in [3.05, 3.63) is 29.8 Å². The number of hydrogen-bond acceptors (Lipinski definition) is 3. The molecule has 2 N–H and O–H groups in total. The summed E-state index contributed by atoms with van der Waals surface area (Å²) < 4.78 is 5.38. The Balaban J connectivity index is 1.62. The molecule has 4 nitrogen and oxygen atoms in total. The van der Waals surface area contributed by atoms with Crippen LogP contribution in [-0.2, 0) is 9.53 Å². The van der Waals surface area contributed by atoms with Crippen molar-refractivity contribution in [1.82, 2.24) is 5.32 Å². The van der Waals surface area contributed by atoms with Crippen LogP contribution in [-0.4, -0.2) is 31.7 Å². The van der Waals surface area contributed by atoms with Crippen molar-refractivity contribution in [3.8, 4) is 0 Å². The summed E-state index contributed by atoms with van der Waals surface area (Å²) in [5.41, 5.74) is 2.20. The maximum atomic E-state index is 12.5. The Labute approximate surface area is 119 Å². The topological polar surface area (TPSA) is 50.4 Å². The van der Waals surface area contributed by atoms with Crippen molar-refractivity contribution < 1.29 is 9.53 Å². The quantitative estimate of drug-likeness (QED) is 0.887. The molecule has 0 aromatic heterocycles. The first-order chi connectivity index (χ1) is 9.75. The van der Waals surface area contributed by atoms with Gasteiger partial charge in [0.2, 0.25) is 5.91 Å². The van der Waals surface area contributed by atoms with Crippen LogP contribution in [0.2, 0.25) is 0 Å². The molecule has 0 saturated carbocycles. The minimum Gasteiger partial charge on any atom is -0.384 e. The van der Waals surface area contributed by atoms with Crippen LogP contribution in [0.5, 0.6) is 0 Å². The van der Waals surface area contributed by atoms with Crippen molar-refractivity contribution in [2.75, 3.05) is 25.1 Å². The van der Waals surface area contributed by atoms with E-state index in [0.29, 0.717) is 12.5 Å². The Bertz CT molecular complexity index is 483. The number of rotatable bonds is 3. The summed E-state index contributed by atoms with van der Waals surface area (Å²) in [5.74, 6) is 0.618. The normalized spacial score (nSPS) is 23.8.